The second-order valence-electron chi connectivity index (χ2n) is 8.53. The van der Waals surface area contributed by atoms with Gasteiger partial charge in [-0.25, -0.2) is 0 Å². The third-order valence-corrected chi connectivity index (χ3v) is 6.08. The van der Waals surface area contributed by atoms with Crippen LogP contribution >= 0.6 is 0 Å². The lowest BCUT2D eigenvalue weighted by Gasteiger charge is -2.39. The van der Waals surface area contributed by atoms with Gasteiger partial charge in [0.25, 0.3) is 0 Å². The molecule has 4 rings (SSSR count). The molecule has 0 radical (unpaired) electrons. The van der Waals surface area contributed by atoms with Crippen LogP contribution in [-0.4, -0.2) is 34.4 Å². The third kappa shape index (κ3) is 5.17. The number of ether oxygens (including phenoxy) is 1. The van der Waals surface area contributed by atoms with Crippen LogP contribution in [0.15, 0.2) is 91.0 Å². The summed E-state index contributed by atoms with van der Waals surface area (Å²) in [4.78, 5) is 2.47. The predicted molar refractivity (Wildman–Crippen MR) is 121 cm³/mol. The van der Waals surface area contributed by atoms with E-state index in [1.165, 1.54) is 16.7 Å². The van der Waals surface area contributed by atoms with Crippen molar-refractivity contribution in [2.24, 2.45) is 0 Å². The minimum atomic E-state index is -0.828. The lowest BCUT2D eigenvalue weighted by Crippen LogP contribution is -2.52. The molecule has 0 unspecified atom stereocenters. The molecule has 0 spiro atoms. The Kier molecular flexibility index (Phi) is 6.63. The summed E-state index contributed by atoms with van der Waals surface area (Å²) in [6, 6.07) is 31.8. The van der Waals surface area contributed by atoms with Crippen LogP contribution in [0.4, 0.5) is 0 Å². The minimum absolute atomic E-state index is 0.0605. The van der Waals surface area contributed by atoms with Crippen molar-refractivity contribution >= 4 is 0 Å². The molecule has 0 aliphatic carbocycles. The van der Waals surface area contributed by atoms with Gasteiger partial charge in [0.1, 0.15) is 6.10 Å². The van der Waals surface area contributed by atoms with Gasteiger partial charge < -0.3 is 9.84 Å². The Morgan fingerprint density at radius 3 is 1.73 bits per heavy atom. The molecule has 0 amide bonds. The first kappa shape index (κ1) is 20.8. The van der Waals surface area contributed by atoms with Gasteiger partial charge in [-0.3, -0.25) is 4.90 Å². The number of nitrogens with zero attached hydrogens (tertiary/aromatic N) is 1. The third-order valence-electron chi connectivity index (χ3n) is 6.08. The van der Waals surface area contributed by atoms with E-state index in [1.54, 1.807) is 0 Å². The zero-order valence-corrected chi connectivity index (χ0v) is 17.7. The molecule has 1 heterocycles. The van der Waals surface area contributed by atoms with Crippen LogP contribution in [0.2, 0.25) is 0 Å². The van der Waals surface area contributed by atoms with Crippen molar-refractivity contribution in [2.75, 3.05) is 6.61 Å². The Balaban J connectivity index is 1.68. The Morgan fingerprint density at radius 1 is 0.833 bits per heavy atom. The maximum atomic E-state index is 11.1. The SMILES string of the molecule is C[C@]1(O)CCO[C@H]1[C@H](Cc1ccccc1)N(Cc1ccccc1)Cc1ccccc1. The van der Waals surface area contributed by atoms with Crippen LogP contribution in [0.25, 0.3) is 0 Å². The molecular formula is C27H31NO2. The minimum Gasteiger partial charge on any atom is -0.387 e. The van der Waals surface area contributed by atoms with Crippen LogP contribution in [0.5, 0.6) is 0 Å². The summed E-state index contributed by atoms with van der Waals surface area (Å²) in [5.74, 6) is 0. The fourth-order valence-corrected chi connectivity index (χ4v) is 4.45. The lowest BCUT2D eigenvalue weighted by atomic mass is 9.87. The smallest absolute Gasteiger partial charge is 0.102 e. The highest BCUT2D eigenvalue weighted by molar-refractivity contribution is 5.21. The fraction of sp³-hybridized carbons (Fsp3) is 0.333. The maximum Gasteiger partial charge on any atom is 0.102 e. The van der Waals surface area contributed by atoms with Crippen molar-refractivity contribution in [1.82, 2.24) is 4.90 Å². The molecule has 3 heteroatoms. The molecule has 0 bridgehead atoms. The number of hydrogen-bond donors (Lipinski definition) is 1. The van der Waals surface area contributed by atoms with Gasteiger partial charge in [-0.1, -0.05) is 91.0 Å². The first-order chi connectivity index (χ1) is 14.6. The molecule has 0 saturated carbocycles. The Hall–Kier alpha value is -2.46. The molecule has 3 aromatic rings. The average Bonchev–Trinajstić information content (AvgIpc) is 3.12. The van der Waals surface area contributed by atoms with Crippen molar-refractivity contribution in [1.29, 1.82) is 0 Å². The highest BCUT2D eigenvalue weighted by Crippen LogP contribution is 2.33. The first-order valence-corrected chi connectivity index (χ1v) is 10.8. The van der Waals surface area contributed by atoms with Crippen LogP contribution in [0.3, 0.4) is 0 Å². The van der Waals surface area contributed by atoms with E-state index in [9.17, 15) is 5.11 Å². The zero-order valence-electron chi connectivity index (χ0n) is 17.7. The highest BCUT2D eigenvalue weighted by Gasteiger charge is 2.45. The lowest BCUT2D eigenvalue weighted by molar-refractivity contribution is -0.0747. The zero-order chi connectivity index (χ0) is 20.8. The summed E-state index contributed by atoms with van der Waals surface area (Å²) in [5, 5.41) is 11.1. The second kappa shape index (κ2) is 9.57. The summed E-state index contributed by atoms with van der Waals surface area (Å²) in [7, 11) is 0. The molecule has 1 aliphatic rings. The molecule has 0 aromatic heterocycles. The highest BCUT2D eigenvalue weighted by atomic mass is 16.5. The Morgan fingerprint density at radius 2 is 1.30 bits per heavy atom. The van der Waals surface area contributed by atoms with E-state index in [4.69, 9.17) is 4.74 Å². The topological polar surface area (TPSA) is 32.7 Å². The van der Waals surface area contributed by atoms with Crippen molar-refractivity contribution < 1.29 is 9.84 Å². The van der Waals surface area contributed by atoms with Crippen molar-refractivity contribution in [3.8, 4) is 0 Å². The molecule has 1 saturated heterocycles. The number of benzene rings is 3. The normalized spacial score (nSPS) is 22.3. The molecule has 3 nitrogen and oxygen atoms in total. The monoisotopic (exact) mass is 401 g/mol. The largest absolute Gasteiger partial charge is 0.387 e. The van der Waals surface area contributed by atoms with Crippen molar-refractivity contribution in [2.45, 2.75) is 50.6 Å². The molecule has 1 fully saturated rings. The molecule has 156 valence electrons. The van der Waals surface area contributed by atoms with E-state index in [0.717, 1.165) is 19.5 Å². The summed E-state index contributed by atoms with van der Waals surface area (Å²) < 4.78 is 6.17. The van der Waals surface area contributed by atoms with E-state index >= 15 is 0 Å². The van der Waals surface area contributed by atoms with Crippen molar-refractivity contribution in [3.05, 3.63) is 108 Å². The summed E-state index contributed by atoms with van der Waals surface area (Å²) in [6.45, 7) is 4.14. The summed E-state index contributed by atoms with van der Waals surface area (Å²) in [5.41, 5.74) is 2.97. The van der Waals surface area contributed by atoms with Gasteiger partial charge in [-0.2, -0.15) is 0 Å². The standard InChI is InChI=1S/C27H31NO2/c1-27(29)17-18-30-26(27)25(19-22-11-5-2-6-12-22)28(20-23-13-7-3-8-14-23)21-24-15-9-4-10-16-24/h2-16,25-26,29H,17-21H2,1H3/t25-,26-,27-/m0/s1. The number of hydrogen-bond acceptors (Lipinski definition) is 3. The molecular weight excluding hydrogens is 370 g/mol. The van der Waals surface area contributed by atoms with Gasteiger partial charge in [0.05, 0.1) is 5.60 Å². The molecule has 3 aromatic carbocycles. The van der Waals surface area contributed by atoms with E-state index in [-0.39, 0.29) is 12.1 Å². The summed E-state index contributed by atoms with van der Waals surface area (Å²) >= 11 is 0. The van der Waals surface area contributed by atoms with Crippen LogP contribution < -0.4 is 0 Å². The van der Waals surface area contributed by atoms with Crippen LogP contribution in [0, 0.1) is 0 Å². The van der Waals surface area contributed by atoms with Gasteiger partial charge in [-0.15, -0.1) is 0 Å². The Bertz CT molecular complexity index is 854. The molecule has 30 heavy (non-hydrogen) atoms. The van der Waals surface area contributed by atoms with Crippen LogP contribution in [-0.2, 0) is 24.2 Å². The molecule has 3 atom stereocenters. The predicted octanol–water partition coefficient (Wildman–Crippen LogP) is 4.84. The first-order valence-electron chi connectivity index (χ1n) is 10.8. The van der Waals surface area contributed by atoms with E-state index in [2.05, 4.69) is 89.8 Å². The van der Waals surface area contributed by atoms with Gasteiger partial charge in [0, 0.05) is 32.2 Å². The van der Waals surface area contributed by atoms with Crippen molar-refractivity contribution in [3.63, 3.8) is 0 Å². The maximum absolute atomic E-state index is 11.1. The fourth-order valence-electron chi connectivity index (χ4n) is 4.45. The van der Waals surface area contributed by atoms with Crippen LogP contribution in [0.1, 0.15) is 30.0 Å². The molecule has 1 aliphatic heterocycles. The van der Waals surface area contributed by atoms with E-state index in [1.807, 2.05) is 13.0 Å². The number of aliphatic hydroxyl groups is 1. The average molecular weight is 402 g/mol. The van der Waals surface area contributed by atoms with Gasteiger partial charge in [0.15, 0.2) is 0 Å². The van der Waals surface area contributed by atoms with E-state index < -0.39 is 5.60 Å². The van der Waals surface area contributed by atoms with Gasteiger partial charge >= 0.3 is 0 Å². The van der Waals surface area contributed by atoms with Gasteiger partial charge in [0.2, 0.25) is 0 Å². The van der Waals surface area contributed by atoms with Gasteiger partial charge in [-0.05, 0) is 30.0 Å². The molecule has 1 N–H and O–H groups in total. The van der Waals surface area contributed by atoms with E-state index in [0.29, 0.717) is 13.0 Å². The quantitative estimate of drug-likeness (QED) is 0.586. The second-order valence-corrected chi connectivity index (χ2v) is 8.53. The number of rotatable bonds is 8. The Labute approximate surface area is 179 Å². The summed E-state index contributed by atoms with van der Waals surface area (Å²) in [6.07, 6.45) is 1.28.